The number of aliphatic hydroxyl groups is 3. The predicted molar refractivity (Wildman–Crippen MR) is 83.9 cm³/mol. The summed E-state index contributed by atoms with van der Waals surface area (Å²) in [5.41, 5.74) is 0. The molecule has 4 N–H and O–H groups in total. The third-order valence-electron chi connectivity index (χ3n) is 4.80. The van der Waals surface area contributed by atoms with Gasteiger partial charge in [-0.15, -0.1) is 0 Å². The van der Waals surface area contributed by atoms with E-state index in [2.05, 4.69) is 4.89 Å². The van der Waals surface area contributed by atoms with Crippen LogP contribution in [0, 0.1) is 11.8 Å². The Labute approximate surface area is 138 Å². The largest absolute Gasteiger partial charge is 0.396 e. The second-order valence-electron chi connectivity index (χ2n) is 6.60. The minimum absolute atomic E-state index is 0.0580. The SMILES string of the molecule is CC(OO)[C@@H](C)CCOC1CC(O)C(CO)OC1[C@@H](C)CCO. The molecule has 1 fully saturated rings. The van der Waals surface area contributed by atoms with Crippen molar-refractivity contribution in [3.05, 3.63) is 0 Å². The number of hydrogen-bond donors (Lipinski definition) is 4. The second kappa shape index (κ2) is 10.6. The quantitative estimate of drug-likeness (QED) is 0.345. The average Bonchev–Trinajstić information content (AvgIpc) is 2.54. The van der Waals surface area contributed by atoms with E-state index in [-0.39, 0.29) is 43.4 Å². The van der Waals surface area contributed by atoms with Crippen molar-refractivity contribution in [1.29, 1.82) is 0 Å². The van der Waals surface area contributed by atoms with Crippen molar-refractivity contribution in [1.82, 2.24) is 0 Å². The van der Waals surface area contributed by atoms with E-state index in [0.717, 1.165) is 0 Å². The van der Waals surface area contributed by atoms with E-state index in [0.29, 0.717) is 25.9 Å². The van der Waals surface area contributed by atoms with Gasteiger partial charge >= 0.3 is 0 Å². The van der Waals surface area contributed by atoms with Crippen LogP contribution in [0.4, 0.5) is 0 Å². The highest BCUT2D eigenvalue weighted by molar-refractivity contribution is 4.88. The van der Waals surface area contributed by atoms with E-state index in [1.54, 1.807) is 6.92 Å². The van der Waals surface area contributed by atoms with Gasteiger partial charge in [0.15, 0.2) is 0 Å². The lowest BCUT2D eigenvalue weighted by Gasteiger charge is -2.41. The molecule has 0 aromatic heterocycles. The zero-order chi connectivity index (χ0) is 17.4. The summed E-state index contributed by atoms with van der Waals surface area (Å²) in [6, 6.07) is 0. The molecule has 1 saturated heterocycles. The highest BCUT2D eigenvalue weighted by Crippen LogP contribution is 2.29. The molecule has 1 aliphatic rings. The summed E-state index contributed by atoms with van der Waals surface area (Å²) in [7, 11) is 0. The molecule has 0 saturated carbocycles. The van der Waals surface area contributed by atoms with Crippen molar-refractivity contribution in [2.24, 2.45) is 11.8 Å². The van der Waals surface area contributed by atoms with Gasteiger partial charge in [-0.05, 0) is 31.6 Å². The van der Waals surface area contributed by atoms with Gasteiger partial charge in [0.25, 0.3) is 0 Å². The fourth-order valence-electron chi connectivity index (χ4n) is 2.84. The Kier molecular flexibility index (Phi) is 9.53. The van der Waals surface area contributed by atoms with Gasteiger partial charge < -0.3 is 24.8 Å². The molecule has 0 aliphatic carbocycles. The van der Waals surface area contributed by atoms with Crippen molar-refractivity contribution in [3.8, 4) is 0 Å². The van der Waals surface area contributed by atoms with Crippen LogP contribution >= 0.6 is 0 Å². The van der Waals surface area contributed by atoms with Gasteiger partial charge in [0.05, 0.1) is 31.0 Å². The molecule has 0 aromatic rings. The molecule has 23 heavy (non-hydrogen) atoms. The number of rotatable bonds is 10. The summed E-state index contributed by atoms with van der Waals surface area (Å²) < 4.78 is 11.7. The minimum atomic E-state index is -0.764. The first-order valence-electron chi connectivity index (χ1n) is 8.41. The summed E-state index contributed by atoms with van der Waals surface area (Å²) in [5.74, 6) is 0.191. The maximum Gasteiger partial charge on any atom is 0.107 e. The fraction of sp³-hybridized carbons (Fsp3) is 1.00. The number of hydrogen-bond acceptors (Lipinski definition) is 7. The Bertz CT molecular complexity index is 315. The van der Waals surface area contributed by atoms with Gasteiger partial charge in [-0.1, -0.05) is 13.8 Å². The summed E-state index contributed by atoms with van der Waals surface area (Å²) >= 11 is 0. The van der Waals surface area contributed by atoms with Crippen LogP contribution in [-0.2, 0) is 14.4 Å². The highest BCUT2D eigenvalue weighted by Gasteiger charge is 2.39. The van der Waals surface area contributed by atoms with E-state index in [9.17, 15) is 10.2 Å². The van der Waals surface area contributed by atoms with Crippen LogP contribution in [0.15, 0.2) is 0 Å². The summed E-state index contributed by atoms with van der Waals surface area (Å²) in [6.45, 7) is 6.00. The first-order chi connectivity index (χ1) is 10.9. The minimum Gasteiger partial charge on any atom is -0.396 e. The Balaban J connectivity index is 2.57. The molecule has 0 spiro atoms. The molecule has 0 amide bonds. The monoisotopic (exact) mass is 336 g/mol. The molecule has 0 aromatic carbocycles. The summed E-state index contributed by atoms with van der Waals surface area (Å²) in [6.07, 6.45) is -0.524. The smallest absolute Gasteiger partial charge is 0.107 e. The summed E-state index contributed by atoms with van der Waals surface area (Å²) in [4.78, 5) is 4.32. The highest BCUT2D eigenvalue weighted by atomic mass is 17.1. The summed E-state index contributed by atoms with van der Waals surface area (Å²) in [5, 5.41) is 37.1. The van der Waals surface area contributed by atoms with Crippen molar-refractivity contribution >= 4 is 0 Å². The molecule has 5 unspecified atom stereocenters. The number of ether oxygens (including phenoxy) is 2. The maximum absolute atomic E-state index is 10.0. The van der Waals surface area contributed by atoms with E-state index in [1.165, 1.54) is 0 Å². The van der Waals surface area contributed by atoms with E-state index >= 15 is 0 Å². The Morgan fingerprint density at radius 3 is 2.43 bits per heavy atom. The normalized spacial score (nSPS) is 32.5. The van der Waals surface area contributed by atoms with Gasteiger partial charge in [0.1, 0.15) is 6.10 Å². The van der Waals surface area contributed by atoms with E-state index < -0.39 is 12.2 Å². The maximum atomic E-state index is 10.0. The van der Waals surface area contributed by atoms with Crippen LogP contribution < -0.4 is 0 Å². The van der Waals surface area contributed by atoms with Crippen LogP contribution in [-0.4, -0.2) is 70.9 Å². The molecule has 1 heterocycles. The van der Waals surface area contributed by atoms with Gasteiger partial charge in [0, 0.05) is 19.6 Å². The first-order valence-corrected chi connectivity index (χ1v) is 8.41. The molecule has 138 valence electrons. The Hall–Kier alpha value is -0.280. The lowest BCUT2D eigenvalue weighted by Crippen LogP contribution is -2.52. The molecule has 7 heteroatoms. The second-order valence-corrected chi connectivity index (χ2v) is 6.60. The van der Waals surface area contributed by atoms with Gasteiger partial charge in [-0.3, -0.25) is 5.26 Å². The van der Waals surface area contributed by atoms with Crippen molar-refractivity contribution in [2.75, 3.05) is 19.8 Å². The standard InChI is InChI=1S/C16H32O7/c1-10(12(3)23-20)5-7-21-14-8-13(19)15(9-18)22-16(14)11(2)4-6-17/h10-20H,4-9H2,1-3H3/t10-,11-,12?,13?,14?,15?,16?/m0/s1. The molecular formula is C16H32O7. The molecular weight excluding hydrogens is 304 g/mol. The van der Waals surface area contributed by atoms with Gasteiger partial charge in [-0.25, -0.2) is 4.89 Å². The third kappa shape index (κ3) is 6.26. The molecule has 0 radical (unpaired) electrons. The van der Waals surface area contributed by atoms with Gasteiger partial charge in [0.2, 0.25) is 0 Å². The average molecular weight is 336 g/mol. The Morgan fingerprint density at radius 1 is 1.17 bits per heavy atom. The van der Waals surface area contributed by atoms with E-state index in [4.69, 9.17) is 19.8 Å². The number of aliphatic hydroxyl groups excluding tert-OH is 3. The molecule has 7 atom stereocenters. The molecule has 7 nitrogen and oxygen atoms in total. The van der Waals surface area contributed by atoms with Crippen LogP contribution in [0.1, 0.15) is 40.0 Å². The van der Waals surface area contributed by atoms with Gasteiger partial charge in [-0.2, -0.15) is 0 Å². The lowest BCUT2D eigenvalue weighted by atomic mass is 9.89. The van der Waals surface area contributed by atoms with Crippen LogP contribution in [0.2, 0.25) is 0 Å². The molecule has 1 rings (SSSR count). The third-order valence-corrected chi connectivity index (χ3v) is 4.80. The first kappa shape index (κ1) is 20.8. The molecule has 0 bridgehead atoms. The van der Waals surface area contributed by atoms with Crippen molar-refractivity contribution in [3.63, 3.8) is 0 Å². The fourth-order valence-corrected chi connectivity index (χ4v) is 2.84. The predicted octanol–water partition coefficient (Wildman–Crippen LogP) is 0.805. The lowest BCUT2D eigenvalue weighted by molar-refractivity contribution is -0.285. The Morgan fingerprint density at radius 2 is 1.87 bits per heavy atom. The van der Waals surface area contributed by atoms with E-state index in [1.807, 2.05) is 13.8 Å². The topological polar surface area (TPSA) is 109 Å². The van der Waals surface area contributed by atoms with Crippen molar-refractivity contribution in [2.45, 2.75) is 70.6 Å². The van der Waals surface area contributed by atoms with Crippen LogP contribution in [0.3, 0.4) is 0 Å². The molecule has 1 aliphatic heterocycles. The van der Waals surface area contributed by atoms with Crippen LogP contribution in [0.25, 0.3) is 0 Å². The van der Waals surface area contributed by atoms with Crippen LogP contribution in [0.5, 0.6) is 0 Å². The zero-order valence-corrected chi connectivity index (χ0v) is 14.3. The van der Waals surface area contributed by atoms with Crippen molar-refractivity contribution < 1.29 is 34.9 Å². The zero-order valence-electron chi connectivity index (χ0n) is 14.3.